The molecule has 0 spiro atoms. The van der Waals surface area contributed by atoms with E-state index in [4.69, 9.17) is 0 Å². The number of aryl methyl sites for hydroxylation is 1. The highest BCUT2D eigenvalue weighted by atomic mass is 16.1. The highest BCUT2D eigenvalue weighted by molar-refractivity contribution is 5.87. The molecule has 0 amide bonds. The van der Waals surface area contributed by atoms with Crippen LogP contribution in [0.1, 0.15) is 60.4 Å². The Morgan fingerprint density at radius 2 is 1.87 bits per heavy atom. The van der Waals surface area contributed by atoms with Crippen LogP contribution in [-0.2, 0) is 4.79 Å². The largest absolute Gasteiger partial charge is 0.310 e. The molecule has 0 bridgehead atoms. The molecule has 2 aromatic carbocycles. The van der Waals surface area contributed by atoms with Crippen molar-refractivity contribution in [3.8, 4) is 0 Å². The maximum Gasteiger partial charge on any atom is 0.141 e. The predicted octanol–water partition coefficient (Wildman–Crippen LogP) is 4.53. The minimum absolute atomic E-state index is 0.167. The molecule has 0 radical (unpaired) electrons. The number of carbonyl (C=O) groups excluding carboxylic acids is 1. The lowest BCUT2D eigenvalue weighted by atomic mass is 9.84. The summed E-state index contributed by atoms with van der Waals surface area (Å²) >= 11 is 0. The fourth-order valence-electron chi connectivity index (χ4n) is 3.64. The molecule has 2 nitrogen and oxygen atoms in total. The highest BCUT2D eigenvalue weighted by Crippen LogP contribution is 2.31. The molecule has 2 atom stereocenters. The fraction of sp³-hybridized carbons (Fsp3) is 0.381. The summed E-state index contributed by atoms with van der Waals surface area (Å²) in [6, 6.07) is 17.0. The SMILES string of the molecule is CC(=O)C(c1ccccc1)c1ccc(C)c(C2CCCCN2)c1. The van der Waals surface area contributed by atoms with Gasteiger partial charge < -0.3 is 5.32 Å². The number of benzene rings is 2. The Kier molecular flexibility index (Phi) is 4.92. The molecule has 1 heterocycles. The van der Waals surface area contributed by atoms with Crippen LogP contribution in [0.15, 0.2) is 48.5 Å². The number of nitrogens with one attached hydrogen (secondary N) is 1. The van der Waals surface area contributed by atoms with E-state index in [0.717, 1.165) is 17.7 Å². The standard InChI is InChI=1S/C21H25NO/c1-15-11-12-18(14-19(15)20-10-6-7-13-22-20)21(16(2)23)17-8-4-3-5-9-17/h3-5,8-9,11-12,14,20-22H,6-7,10,13H2,1-2H3. The van der Waals surface area contributed by atoms with E-state index in [1.807, 2.05) is 30.3 Å². The van der Waals surface area contributed by atoms with E-state index < -0.39 is 0 Å². The molecule has 1 N–H and O–H groups in total. The lowest BCUT2D eigenvalue weighted by Crippen LogP contribution is -2.27. The van der Waals surface area contributed by atoms with Crippen molar-refractivity contribution in [3.63, 3.8) is 0 Å². The molecule has 2 aromatic rings. The summed E-state index contributed by atoms with van der Waals surface area (Å²) in [4.78, 5) is 12.3. The summed E-state index contributed by atoms with van der Waals surface area (Å²) in [6.45, 7) is 4.94. The minimum Gasteiger partial charge on any atom is -0.310 e. The van der Waals surface area contributed by atoms with Gasteiger partial charge in [0.15, 0.2) is 0 Å². The van der Waals surface area contributed by atoms with Crippen LogP contribution in [0.2, 0.25) is 0 Å². The summed E-state index contributed by atoms with van der Waals surface area (Å²) in [5.74, 6) is 0.0294. The van der Waals surface area contributed by atoms with Gasteiger partial charge in [-0.2, -0.15) is 0 Å². The Labute approximate surface area is 138 Å². The number of ketones is 1. The second-order valence-electron chi connectivity index (χ2n) is 6.57. The van der Waals surface area contributed by atoms with Crippen LogP contribution in [-0.4, -0.2) is 12.3 Å². The third kappa shape index (κ3) is 3.53. The Balaban J connectivity index is 1.99. The van der Waals surface area contributed by atoms with Crippen LogP contribution in [0.25, 0.3) is 0 Å². The van der Waals surface area contributed by atoms with Crippen molar-refractivity contribution in [1.29, 1.82) is 0 Å². The molecule has 1 saturated heterocycles. The number of hydrogen-bond donors (Lipinski definition) is 1. The summed E-state index contributed by atoms with van der Waals surface area (Å²) < 4.78 is 0. The quantitative estimate of drug-likeness (QED) is 0.899. The van der Waals surface area contributed by atoms with Crippen LogP contribution in [0.4, 0.5) is 0 Å². The monoisotopic (exact) mass is 307 g/mol. The first kappa shape index (κ1) is 15.9. The minimum atomic E-state index is -0.167. The van der Waals surface area contributed by atoms with Crippen molar-refractivity contribution in [2.75, 3.05) is 6.54 Å². The van der Waals surface area contributed by atoms with Crippen molar-refractivity contribution in [1.82, 2.24) is 5.32 Å². The van der Waals surface area contributed by atoms with E-state index in [1.54, 1.807) is 6.92 Å². The molecule has 120 valence electrons. The molecule has 3 rings (SSSR count). The van der Waals surface area contributed by atoms with Crippen LogP contribution >= 0.6 is 0 Å². The number of hydrogen-bond acceptors (Lipinski definition) is 2. The fourth-order valence-corrected chi connectivity index (χ4v) is 3.64. The van der Waals surface area contributed by atoms with Crippen molar-refractivity contribution in [3.05, 3.63) is 70.8 Å². The Bertz CT molecular complexity index is 671. The second-order valence-corrected chi connectivity index (χ2v) is 6.57. The zero-order chi connectivity index (χ0) is 16.2. The molecule has 1 aliphatic heterocycles. The molecule has 0 aliphatic carbocycles. The van der Waals surface area contributed by atoms with Gasteiger partial charge in [-0.05, 0) is 55.5 Å². The predicted molar refractivity (Wildman–Crippen MR) is 94.7 cm³/mol. The van der Waals surface area contributed by atoms with Gasteiger partial charge in [-0.1, -0.05) is 55.0 Å². The number of carbonyl (C=O) groups is 1. The van der Waals surface area contributed by atoms with Gasteiger partial charge >= 0.3 is 0 Å². The third-order valence-corrected chi connectivity index (χ3v) is 4.86. The molecular formula is C21H25NO. The van der Waals surface area contributed by atoms with Crippen molar-refractivity contribution in [2.24, 2.45) is 0 Å². The van der Waals surface area contributed by atoms with Gasteiger partial charge in [0.1, 0.15) is 5.78 Å². The molecule has 0 aromatic heterocycles. The lowest BCUT2D eigenvalue weighted by Gasteiger charge is -2.26. The average Bonchev–Trinajstić information content (AvgIpc) is 2.58. The lowest BCUT2D eigenvalue weighted by molar-refractivity contribution is -0.117. The van der Waals surface area contributed by atoms with E-state index in [1.165, 1.54) is 30.4 Å². The van der Waals surface area contributed by atoms with E-state index >= 15 is 0 Å². The Morgan fingerprint density at radius 1 is 1.09 bits per heavy atom. The van der Waals surface area contributed by atoms with Gasteiger partial charge in [-0.25, -0.2) is 0 Å². The molecule has 2 heteroatoms. The molecular weight excluding hydrogens is 282 g/mol. The molecule has 0 saturated carbocycles. The first-order valence-corrected chi connectivity index (χ1v) is 8.56. The first-order chi connectivity index (χ1) is 11.2. The van der Waals surface area contributed by atoms with Crippen molar-refractivity contribution in [2.45, 2.75) is 45.1 Å². The molecule has 2 unspecified atom stereocenters. The molecule has 1 aliphatic rings. The topological polar surface area (TPSA) is 29.1 Å². The van der Waals surface area contributed by atoms with Crippen LogP contribution < -0.4 is 5.32 Å². The van der Waals surface area contributed by atoms with E-state index in [2.05, 4.69) is 30.4 Å². The Hall–Kier alpha value is -1.93. The van der Waals surface area contributed by atoms with Gasteiger partial charge in [0.25, 0.3) is 0 Å². The maximum absolute atomic E-state index is 12.3. The number of rotatable bonds is 4. The molecule has 23 heavy (non-hydrogen) atoms. The summed E-state index contributed by atoms with van der Waals surface area (Å²) in [6.07, 6.45) is 3.71. The summed E-state index contributed by atoms with van der Waals surface area (Å²) in [7, 11) is 0. The van der Waals surface area contributed by atoms with Crippen LogP contribution in [0.5, 0.6) is 0 Å². The van der Waals surface area contributed by atoms with Crippen molar-refractivity contribution < 1.29 is 4.79 Å². The van der Waals surface area contributed by atoms with Gasteiger partial charge in [0.05, 0.1) is 5.92 Å². The third-order valence-electron chi connectivity index (χ3n) is 4.86. The van der Waals surface area contributed by atoms with E-state index in [9.17, 15) is 4.79 Å². The normalized spacial score (nSPS) is 19.3. The van der Waals surface area contributed by atoms with Crippen molar-refractivity contribution >= 4 is 5.78 Å². The smallest absolute Gasteiger partial charge is 0.141 e. The van der Waals surface area contributed by atoms with Gasteiger partial charge in [0.2, 0.25) is 0 Å². The van der Waals surface area contributed by atoms with Crippen LogP contribution in [0, 0.1) is 6.92 Å². The van der Waals surface area contributed by atoms with Gasteiger partial charge in [-0.3, -0.25) is 4.79 Å². The number of Topliss-reactive ketones (excluding diaryl/α,β-unsaturated/α-hetero) is 1. The van der Waals surface area contributed by atoms with Crippen LogP contribution in [0.3, 0.4) is 0 Å². The maximum atomic E-state index is 12.3. The number of piperidine rings is 1. The summed E-state index contributed by atoms with van der Waals surface area (Å²) in [5.41, 5.74) is 4.84. The summed E-state index contributed by atoms with van der Waals surface area (Å²) in [5, 5.41) is 3.63. The Morgan fingerprint density at radius 3 is 2.52 bits per heavy atom. The molecule has 1 fully saturated rings. The van der Waals surface area contributed by atoms with Gasteiger partial charge in [0, 0.05) is 6.04 Å². The van der Waals surface area contributed by atoms with E-state index in [-0.39, 0.29) is 11.7 Å². The van der Waals surface area contributed by atoms with Gasteiger partial charge in [-0.15, -0.1) is 0 Å². The second kappa shape index (κ2) is 7.10. The van der Waals surface area contributed by atoms with E-state index in [0.29, 0.717) is 6.04 Å². The zero-order valence-electron chi connectivity index (χ0n) is 14.0. The first-order valence-electron chi connectivity index (χ1n) is 8.56. The zero-order valence-corrected chi connectivity index (χ0v) is 14.0. The highest BCUT2D eigenvalue weighted by Gasteiger charge is 2.22. The average molecular weight is 307 g/mol.